The Labute approximate surface area is 91.6 Å². The van der Waals surface area contributed by atoms with Crippen LogP contribution in [0.15, 0.2) is 36.9 Å². The van der Waals surface area contributed by atoms with E-state index in [1.54, 1.807) is 7.11 Å². The van der Waals surface area contributed by atoms with E-state index in [4.69, 9.17) is 0 Å². The first kappa shape index (κ1) is 13.6. The minimum Gasteiger partial charge on any atom is -0.385 e. The van der Waals surface area contributed by atoms with Gasteiger partial charge in [0.2, 0.25) is 0 Å². The topological polar surface area (TPSA) is 26.3 Å². The normalized spacial score (nSPS) is 8.67. The highest BCUT2D eigenvalue weighted by Crippen LogP contribution is 2.02. The Morgan fingerprint density at radius 2 is 1.87 bits per heavy atom. The Morgan fingerprint density at radius 3 is 2.20 bits per heavy atom. The van der Waals surface area contributed by atoms with Crippen molar-refractivity contribution >= 4 is 6.29 Å². The molecule has 1 aromatic carbocycles. The summed E-state index contributed by atoms with van der Waals surface area (Å²) >= 11 is 0. The van der Waals surface area contributed by atoms with Gasteiger partial charge in [-0.25, -0.2) is 0 Å². The van der Waals surface area contributed by atoms with E-state index in [0.29, 0.717) is 0 Å². The molecule has 82 valence electrons. The average Bonchev–Trinajstić information content (AvgIpc) is 2.31. The summed E-state index contributed by atoms with van der Waals surface area (Å²) in [6, 6.07) is 7.49. The number of ether oxygens (including phenoxy) is 1. The molecule has 0 aliphatic heterocycles. The summed E-state index contributed by atoms with van der Waals surface area (Å²) in [7, 11) is 1.68. The maximum Gasteiger partial charge on any atom is 0.150 e. The van der Waals surface area contributed by atoms with Gasteiger partial charge < -0.3 is 4.74 Å². The first-order valence-electron chi connectivity index (χ1n) is 4.92. The van der Waals surface area contributed by atoms with E-state index in [2.05, 4.69) is 11.3 Å². The Balaban J connectivity index is 0.000000423. The van der Waals surface area contributed by atoms with Crippen LogP contribution in [0.25, 0.3) is 0 Å². The Kier molecular flexibility index (Phi) is 8.30. The van der Waals surface area contributed by atoms with Crippen LogP contribution < -0.4 is 0 Å². The predicted molar refractivity (Wildman–Crippen MR) is 63.3 cm³/mol. The Morgan fingerprint density at radius 1 is 1.33 bits per heavy atom. The van der Waals surface area contributed by atoms with Gasteiger partial charge >= 0.3 is 0 Å². The summed E-state index contributed by atoms with van der Waals surface area (Å²) in [6.45, 7) is 6.41. The maximum absolute atomic E-state index is 10.3. The number of carbonyl (C=O) groups excluding carboxylic acids is 1. The molecule has 0 fully saturated rings. The molecule has 2 heteroatoms. The first-order valence-corrected chi connectivity index (χ1v) is 4.92. The lowest BCUT2D eigenvalue weighted by Crippen LogP contribution is -1.82. The van der Waals surface area contributed by atoms with Crippen LogP contribution in [0.1, 0.15) is 22.8 Å². The zero-order valence-electron chi connectivity index (χ0n) is 9.40. The molecule has 1 aromatic rings. The van der Waals surface area contributed by atoms with Gasteiger partial charge in [-0.1, -0.05) is 30.3 Å². The second-order valence-corrected chi connectivity index (χ2v) is 2.93. The summed E-state index contributed by atoms with van der Waals surface area (Å²) < 4.78 is 4.54. The molecule has 0 N–H and O–H groups in total. The van der Waals surface area contributed by atoms with Crippen LogP contribution in [0.3, 0.4) is 0 Å². The number of rotatable bonds is 4. The van der Waals surface area contributed by atoms with Crippen molar-refractivity contribution in [1.29, 1.82) is 0 Å². The molecule has 1 rings (SSSR count). The second kappa shape index (κ2) is 9.16. The van der Waals surface area contributed by atoms with Gasteiger partial charge in [-0.15, -0.1) is 6.58 Å². The second-order valence-electron chi connectivity index (χ2n) is 2.93. The van der Waals surface area contributed by atoms with Gasteiger partial charge in [0.25, 0.3) is 0 Å². The molecule has 0 radical (unpaired) electrons. The highest BCUT2D eigenvalue weighted by molar-refractivity contribution is 5.74. The summed E-state index contributed by atoms with van der Waals surface area (Å²) in [6.07, 6.45) is 3.55. The molecule has 0 aromatic heterocycles. The van der Waals surface area contributed by atoms with Crippen molar-refractivity contribution in [2.75, 3.05) is 13.7 Å². The van der Waals surface area contributed by atoms with Crippen molar-refractivity contribution in [3.63, 3.8) is 0 Å². The molecule has 15 heavy (non-hydrogen) atoms. The highest BCUT2D eigenvalue weighted by Gasteiger charge is 1.89. The summed E-state index contributed by atoms with van der Waals surface area (Å²) in [5, 5.41) is 0. The maximum atomic E-state index is 10.3. The standard InChI is InChI=1S/C10H10O.C3H8O/c1-2-3-9-4-6-10(8-11)7-5-9;1-3-4-2/h2,4-8H,1,3H2;3H2,1-2H3. The van der Waals surface area contributed by atoms with E-state index in [-0.39, 0.29) is 0 Å². The van der Waals surface area contributed by atoms with Crippen LogP contribution in [-0.2, 0) is 11.2 Å². The number of benzene rings is 1. The molecule has 0 heterocycles. The fourth-order valence-corrected chi connectivity index (χ4v) is 0.899. The molecule has 0 spiro atoms. The molecule has 0 atom stereocenters. The van der Waals surface area contributed by atoms with Crippen LogP contribution >= 0.6 is 0 Å². The third kappa shape index (κ3) is 6.63. The van der Waals surface area contributed by atoms with Crippen LogP contribution in [0, 0.1) is 0 Å². The van der Waals surface area contributed by atoms with Gasteiger partial charge in [-0.05, 0) is 18.9 Å². The fraction of sp³-hybridized carbons (Fsp3) is 0.308. The smallest absolute Gasteiger partial charge is 0.150 e. The van der Waals surface area contributed by atoms with Gasteiger partial charge in [-0.2, -0.15) is 0 Å². The monoisotopic (exact) mass is 206 g/mol. The largest absolute Gasteiger partial charge is 0.385 e. The van der Waals surface area contributed by atoms with Crippen molar-refractivity contribution in [2.24, 2.45) is 0 Å². The number of hydrogen-bond donors (Lipinski definition) is 0. The average molecular weight is 206 g/mol. The zero-order valence-corrected chi connectivity index (χ0v) is 9.40. The fourth-order valence-electron chi connectivity index (χ4n) is 0.899. The Hall–Kier alpha value is -1.41. The van der Waals surface area contributed by atoms with Crippen LogP contribution in [0.2, 0.25) is 0 Å². The quantitative estimate of drug-likeness (QED) is 0.559. The van der Waals surface area contributed by atoms with Gasteiger partial charge in [0.15, 0.2) is 0 Å². The van der Waals surface area contributed by atoms with Crippen LogP contribution in [0.5, 0.6) is 0 Å². The summed E-state index contributed by atoms with van der Waals surface area (Å²) in [4.78, 5) is 10.3. The SMILES string of the molecule is C=CCc1ccc(C=O)cc1.CCOC. The van der Waals surface area contributed by atoms with Crippen molar-refractivity contribution < 1.29 is 9.53 Å². The van der Waals surface area contributed by atoms with Crippen molar-refractivity contribution in [2.45, 2.75) is 13.3 Å². The molecule has 0 unspecified atom stereocenters. The molecular weight excluding hydrogens is 188 g/mol. The van der Waals surface area contributed by atoms with E-state index in [1.807, 2.05) is 37.3 Å². The molecule has 2 nitrogen and oxygen atoms in total. The Bertz CT molecular complexity index is 273. The van der Waals surface area contributed by atoms with E-state index >= 15 is 0 Å². The number of aldehydes is 1. The third-order valence-electron chi connectivity index (χ3n) is 1.78. The molecule has 0 aliphatic rings. The lowest BCUT2D eigenvalue weighted by Gasteiger charge is -1.94. The first-order chi connectivity index (χ1) is 7.28. The number of carbonyl (C=O) groups is 1. The molecule has 0 bridgehead atoms. The summed E-state index contributed by atoms with van der Waals surface area (Å²) in [5.74, 6) is 0. The minimum absolute atomic E-state index is 0.720. The molecule has 0 aliphatic carbocycles. The van der Waals surface area contributed by atoms with Gasteiger partial charge in [-0.3, -0.25) is 4.79 Å². The van der Waals surface area contributed by atoms with Gasteiger partial charge in [0, 0.05) is 19.3 Å². The van der Waals surface area contributed by atoms with E-state index in [1.165, 1.54) is 5.56 Å². The zero-order chi connectivity index (χ0) is 11.5. The third-order valence-corrected chi connectivity index (χ3v) is 1.78. The lowest BCUT2D eigenvalue weighted by atomic mass is 10.1. The van der Waals surface area contributed by atoms with Crippen molar-refractivity contribution in [3.8, 4) is 0 Å². The summed E-state index contributed by atoms with van der Waals surface area (Å²) in [5.41, 5.74) is 1.91. The van der Waals surface area contributed by atoms with Gasteiger partial charge in [0.05, 0.1) is 0 Å². The number of methoxy groups -OCH3 is 1. The number of hydrogen-bond acceptors (Lipinski definition) is 2. The molecule has 0 saturated heterocycles. The number of allylic oxidation sites excluding steroid dienone is 1. The lowest BCUT2D eigenvalue weighted by molar-refractivity contribution is 0.112. The van der Waals surface area contributed by atoms with Crippen LogP contribution in [0.4, 0.5) is 0 Å². The van der Waals surface area contributed by atoms with E-state index < -0.39 is 0 Å². The molecule has 0 saturated carbocycles. The minimum atomic E-state index is 0.720. The van der Waals surface area contributed by atoms with E-state index in [0.717, 1.165) is 24.9 Å². The van der Waals surface area contributed by atoms with Crippen LogP contribution in [-0.4, -0.2) is 20.0 Å². The van der Waals surface area contributed by atoms with Crippen molar-refractivity contribution in [1.82, 2.24) is 0 Å². The van der Waals surface area contributed by atoms with E-state index in [9.17, 15) is 4.79 Å². The molecule has 0 amide bonds. The predicted octanol–water partition coefficient (Wildman–Crippen LogP) is 2.88. The highest BCUT2D eigenvalue weighted by atomic mass is 16.5. The molecular formula is C13H18O2. The van der Waals surface area contributed by atoms with Crippen molar-refractivity contribution in [3.05, 3.63) is 48.0 Å². The van der Waals surface area contributed by atoms with Gasteiger partial charge in [0.1, 0.15) is 6.29 Å².